The fourth-order valence-electron chi connectivity index (χ4n) is 2.16. The Morgan fingerprint density at radius 1 is 1.39 bits per heavy atom. The standard InChI is InChI=1S/C12H22N2O3S/c1-18-7-6-10(12(16)17)14-11(15)8-2-4-9(13)5-3-8/h8-10H,2-7,13H2,1H3,(H,14,15)(H,16,17)/t8?,9?,10-/m1/s1. The Morgan fingerprint density at radius 3 is 2.50 bits per heavy atom. The van der Waals surface area contributed by atoms with Gasteiger partial charge in [0.15, 0.2) is 0 Å². The molecule has 1 saturated carbocycles. The number of carboxylic acids is 1. The van der Waals surface area contributed by atoms with Crippen LogP contribution in [0, 0.1) is 5.92 Å². The summed E-state index contributed by atoms with van der Waals surface area (Å²) in [7, 11) is 0. The molecule has 0 aromatic heterocycles. The van der Waals surface area contributed by atoms with Gasteiger partial charge in [-0.1, -0.05) is 0 Å². The van der Waals surface area contributed by atoms with E-state index in [0.29, 0.717) is 6.42 Å². The summed E-state index contributed by atoms with van der Waals surface area (Å²) in [6.07, 6.45) is 5.61. The first-order chi connectivity index (χ1) is 8.54. The van der Waals surface area contributed by atoms with Crippen LogP contribution in [0.25, 0.3) is 0 Å². The van der Waals surface area contributed by atoms with Gasteiger partial charge in [-0.15, -0.1) is 0 Å². The van der Waals surface area contributed by atoms with Gasteiger partial charge in [-0.2, -0.15) is 11.8 Å². The maximum atomic E-state index is 12.0. The highest BCUT2D eigenvalue weighted by Gasteiger charge is 2.27. The zero-order valence-corrected chi connectivity index (χ0v) is 11.5. The van der Waals surface area contributed by atoms with Crippen LogP contribution in [0.15, 0.2) is 0 Å². The molecule has 1 aliphatic rings. The van der Waals surface area contributed by atoms with Crippen molar-refractivity contribution in [2.45, 2.75) is 44.2 Å². The molecule has 0 bridgehead atoms. The van der Waals surface area contributed by atoms with Gasteiger partial charge in [0, 0.05) is 12.0 Å². The molecule has 0 aromatic rings. The minimum absolute atomic E-state index is 0.0686. The summed E-state index contributed by atoms with van der Waals surface area (Å²) in [5, 5.41) is 11.7. The fourth-order valence-corrected chi connectivity index (χ4v) is 2.64. The minimum atomic E-state index is -0.954. The van der Waals surface area contributed by atoms with Crippen LogP contribution in [-0.4, -0.2) is 41.1 Å². The first-order valence-corrected chi connectivity index (χ1v) is 7.71. The Labute approximate surface area is 112 Å². The maximum absolute atomic E-state index is 12.0. The van der Waals surface area contributed by atoms with Gasteiger partial charge in [-0.3, -0.25) is 4.79 Å². The van der Waals surface area contributed by atoms with Crippen molar-refractivity contribution in [2.24, 2.45) is 11.7 Å². The molecule has 104 valence electrons. The fraction of sp³-hybridized carbons (Fsp3) is 0.833. The van der Waals surface area contributed by atoms with Gasteiger partial charge in [0.1, 0.15) is 6.04 Å². The van der Waals surface area contributed by atoms with Gasteiger partial charge >= 0.3 is 5.97 Å². The SMILES string of the molecule is CSCC[C@@H](NC(=O)C1CCC(N)CC1)C(=O)O. The molecule has 0 unspecified atom stereocenters. The summed E-state index contributed by atoms with van der Waals surface area (Å²) in [4.78, 5) is 23.0. The van der Waals surface area contributed by atoms with E-state index in [9.17, 15) is 9.59 Å². The van der Waals surface area contributed by atoms with Crippen molar-refractivity contribution in [1.29, 1.82) is 0 Å². The Balaban J connectivity index is 2.42. The molecule has 1 atom stereocenters. The van der Waals surface area contributed by atoms with Gasteiger partial charge in [0.05, 0.1) is 0 Å². The Bertz CT molecular complexity index is 291. The van der Waals surface area contributed by atoms with Crippen molar-refractivity contribution in [3.05, 3.63) is 0 Å². The second-order valence-corrected chi connectivity index (χ2v) is 5.78. The Hall–Kier alpha value is -0.750. The van der Waals surface area contributed by atoms with E-state index in [0.717, 1.165) is 31.4 Å². The van der Waals surface area contributed by atoms with Crippen LogP contribution < -0.4 is 11.1 Å². The highest BCUT2D eigenvalue weighted by Crippen LogP contribution is 2.23. The van der Waals surface area contributed by atoms with Crippen LogP contribution in [0.4, 0.5) is 0 Å². The smallest absolute Gasteiger partial charge is 0.326 e. The number of hydrogen-bond donors (Lipinski definition) is 3. The third kappa shape index (κ3) is 4.86. The van der Waals surface area contributed by atoms with Crippen molar-refractivity contribution in [2.75, 3.05) is 12.0 Å². The summed E-state index contributed by atoms with van der Waals surface area (Å²) in [6.45, 7) is 0. The van der Waals surface area contributed by atoms with E-state index in [-0.39, 0.29) is 17.9 Å². The molecular formula is C12H22N2O3S. The van der Waals surface area contributed by atoms with Gasteiger partial charge in [-0.25, -0.2) is 4.79 Å². The van der Waals surface area contributed by atoms with Crippen molar-refractivity contribution in [3.63, 3.8) is 0 Å². The molecule has 1 amide bonds. The maximum Gasteiger partial charge on any atom is 0.326 e. The number of carbonyl (C=O) groups excluding carboxylic acids is 1. The van der Waals surface area contributed by atoms with Gasteiger partial charge in [0.25, 0.3) is 0 Å². The number of thioether (sulfide) groups is 1. The van der Waals surface area contributed by atoms with Crippen molar-refractivity contribution in [3.8, 4) is 0 Å². The van der Waals surface area contributed by atoms with E-state index in [1.807, 2.05) is 6.26 Å². The second kappa shape index (κ2) is 7.63. The zero-order valence-electron chi connectivity index (χ0n) is 10.7. The van der Waals surface area contributed by atoms with Crippen LogP contribution >= 0.6 is 11.8 Å². The molecule has 1 rings (SSSR count). The highest BCUT2D eigenvalue weighted by atomic mass is 32.2. The van der Waals surface area contributed by atoms with Crippen LogP contribution in [-0.2, 0) is 9.59 Å². The van der Waals surface area contributed by atoms with E-state index < -0.39 is 12.0 Å². The first kappa shape index (κ1) is 15.3. The molecule has 0 saturated heterocycles. The number of rotatable bonds is 6. The third-order valence-electron chi connectivity index (χ3n) is 3.37. The number of amides is 1. The predicted octanol–water partition coefficient (Wildman–Crippen LogP) is 0.826. The molecule has 1 fully saturated rings. The normalized spacial score (nSPS) is 25.4. The Morgan fingerprint density at radius 2 is 2.00 bits per heavy atom. The summed E-state index contributed by atoms with van der Waals surface area (Å²) >= 11 is 1.58. The predicted molar refractivity (Wildman–Crippen MR) is 72.5 cm³/mol. The summed E-state index contributed by atoms with van der Waals surface area (Å²) in [6, 6.07) is -0.568. The van der Waals surface area contributed by atoms with Gasteiger partial charge in [-0.05, 0) is 44.1 Å². The second-order valence-electron chi connectivity index (χ2n) is 4.79. The largest absolute Gasteiger partial charge is 0.480 e. The van der Waals surface area contributed by atoms with Crippen LogP contribution in [0.5, 0.6) is 0 Å². The van der Waals surface area contributed by atoms with E-state index in [2.05, 4.69) is 5.32 Å². The lowest BCUT2D eigenvalue weighted by Crippen LogP contribution is -2.45. The van der Waals surface area contributed by atoms with Crippen LogP contribution in [0.1, 0.15) is 32.1 Å². The van der Waals surface area contributed by atoms with E-state index in [4.69, 9.17) is 10.8 Å². The van der Waals surface area contributed by atoms with Crippen LogP contribution in [0.3, 0.4) is 0 Å². The topological polar surface area (TPSA) is 92.4 Å². The summed E-state index contributed by atoms with van der Waals surface area (Å²) < 4.78 is 0. The molecule has 4 N–H and O–H groups in total. The lowest BCUT2D eigenvalue weighted by atomic mass is 9.86. The van der Waals surface area contributed by atoms with Gasteiger partial charge in [0.2, 0.25) is 5.91 Å². The quantitative estimate of drug-likeness (QED) is 0.667. The molecule has 0 heterocycles. The monoisotopic (exact) mass is 274 g/mol. The molecular weight excluding hydrogens is 252 g/mol. The third-order valence-corrected chi connectivity index (χ3v) is 4.01. The molecule has 18 heavy (non-hydrogen) atoms. The highest BCUT2D eigenvalue weighted by molar-refractivity contribution is 7.98. The average Bonchev–Trinajstić information content (AvgIpc) is 2.34. The van der Waals surface area contributed by atoms with E-state index in [1.165, 1.54) is 0 Å². The zero-order chi connectivity index (χ0) is 13.5. The van der Waals surface area contributed by atoms with Gasteiger partial charge < -0.3 is 16.2 Å². The van der Waals surface area contributed by atoms with Crippen molar-refractivity contribution >= 4 is 23.6 Å². The van der Waals surface area contributed by atoms with Crippen LogP contribution in [0.2, 0.25) is 0 Å². The number of nitrogens with two attached hydrogens (primary N) is 1. The number of hydrogen-bond acceptors (Lipinski definition) is 4. The Kier molecular flexibility index (Phi) is 6.49. The lowest BCUT2D eigenvalue weighted by Gasteiger charge is -2.26. The average molecular weight is 274 g/mol. The molecule has 6 heteroatoms. The molecule has 1 aliphatic carbocycles. The lowest BCUT2D eigenvalue weighted by molar-refractivity contribution is -0.142. The van der Waals surface area contributed by atoms with E-state index in [1.54, 1.807) is 11.8 Å². The summed E-state index contributed by atoms with van der Waals surface area (Å²) in [5.41, 5.74) is 5.78. The van der Waals surface area contributed by atoms with Crippen molar-refractivity contribution < 1.29 is 14.7 Å². The molecule has 0 aromatic carbocycles. The number of carboxylic acid groups (broad SMARTS) is 1. The van der Waals surface area contributed by atoms with Crippen molar-refractivity contribution in [1.82, 2.24) is 5.32 Å². The summed E-state index contributed by atoms with van der Waals surface area (Å²) in [5.74, 6) is -0.423. The molecule has 5 nitrogen and oxygen atoms in total. The molecule has 0 spiro atoms. The van der Waals surface area contributed by atoms with E-state index >= 15 is 0 Å². The minimum Gasteiger partial charge on any atom is -0.480 e. The number of carbonyl (C=O) groups is 2. The molecule has 0 radical (unpaired) electrons. The first-order valence-electron chi connectivity index (χ1n) is 6.32. The number of aliphatic carboxylic acids is 1. The molecule has 0 aliphatic heterocycles. The number of nitrogens with one attached hydrogen (secondary N) is 1.